The zero-order valence-electron chi connectivity index (χ0n) is 13.0. The monoisotopic (exact) mass is 288 g/mol. The molecule has 1 aliphatic rings. The Bertz CT molecular complexity index is 634. The molecule has 1 unspecified atom stereocenters. The second kappa shape index (κ2) is 5.31. The molecule has 21 heavy (non-hydrogen) atoms. The molecule has 1 heterocycles. The number of nitrogens with zero attached hydrogens (tertiary/aromatic N) is 1. The van der Waals surface area contributed by atoms with Crippen molar-refractivity contribution in [2.24, 2.45) is 10.9 Å². The summed E-state index contributed by atoms with van der Waals surface area (Å²) < 4.78 is 4.84. The number of hydrogen-bond donors (Lipinski definition) is 1. The topological polar surface area (TPSA) is 67.8 Å². The average molecular weight is 288 g/mol. The maximum Gasteiger partial charge on any atom is 0.338 e. The Morgan fingerprint density at radius 2 is 2.05 bits per heavy atom. The van der Waals surface area contributed by atoms with Crippen molar-refractivity contribution in [2.45, 2.75) is 33.2 Å². The van der Waals surface area contributed by atoms with E-state index in [1.807, 2.05) is 32.9 Å². The maximum atomic E-state index is 12.2. The summed E-state index contributed by atoms with van der Waals surface area (Å²) in [6.07, 6.45) is 0. The Hall–Kier alpha value is -2.17. The van der Waals surface area contributed by atoms with Crippen LogP contribution in [0, 0.1) is 12.8 Å². The summed E-state index contributed by atoms with van der Waals surface area (Å²) in [5.74, 6) is -0.0929. The third-order valence-corrected chi connectivity index (χ3v) is 4.08. The standard InChI is InChI=1S/C16H20N2O3/c1-9(2)16(4)15(20)17-13(18-16)11-8-6-7-10(3)12(11)14(19)21-5/h6-9H,1-5H3,(H,17,18,20). The predicted octanol–water partition coefficient (Wildman–Crippen LogP) is 2.07. The number of carbonyl (C=O) groups is 2. The zero-order valence-corrected chi connectivity index (χ0v) is 13.0. The van der Waals surface area contributed by atoms with E-state index in [1.54, 1.807) is 13.0 Å². The van der Waals surface area contributed by atoms with Gasteiger partial charge in [-0.05, 0) is 25.3 Å². The number of methoxy groups -OCH3 is 1. The van der Waals surface area contributed by atoms with E-state index in [2.05, 4.69) is 10.3 Å². The molecule has 1 aromatic rings. The van der Waals surface area contributed by atoms with Crippen LogP contribution < -0.4 is 5.32 Å². The van der Waals surface area contributed by atoms with Crippen LogP contribution in [0.25, 0.3) is 0 Å². The molecular formula is C16H20N2O3. The highest BCUT2D eigenvalue weighted by atomic mass is 16.5. The molecule has 5 nitrogen and oxygen atoms in total. The molecule has 0 fully saturated rings. The van der Waals surface area contributed by atoms with Gasteiger partial charge in [0.05, 0.1) is 12.7 Å². The van der Waals surface area contributed by atoms with Gasteiger partial charge in [-0.3, -0.25) is 9.79 Å². The minimum absolute atomic E-state index is 0.0568. The van der Waals surface area contributed by atoms with E-state index in [0.29, 0.717) is 17.0 Å². The first-order chi connectivity index (χ1) is 9.81. The van der Waals surface area contributed by atoms with Crippen LogP contribution in [0.5, 0.6) is 0 Å². The van der Waals surface area contributed by atoms with Crippen LogP contribution in [0.3, 0.4) is 0 Å². The predicted molar refractivity (Wildman–Crippen MR) is 80.4 cm³/mol. The second-order valence-electron chi connectivity index (χ2n) is 5.71. The Morgan fingerprint density at radius 3 is 2.57 bits per heavy atom. The number of hydrogen-bond acceptors (Lipinski definition) is 4. The molecule has 0 spiro atoms. The van der Waals surface area contributed by atoms with Gasteiger partial charge in [-0.25, -0.2) is 4.79 Å². The molecule has 0 bridgehead atoms. The number of rotatable bonds is 3. The number of esters is 1. The quantitative estimate of drug-likeness (QED) is 0.866. The van der Waals surface area contributed by atoms with Gasteiger partial charge in [0.2, 0.25) is 0 Å². The smallest absolute Gasteiger partial charge is 0.338 e. The van der Waals surface area contributed by atoms with Crippen molar-refractivity contribution in [1.82, 2.24) is 5.32 Å². The van der Waals surface area contributed by atoms with E-state index in [0.717, 1.165) is 5.56 Å². The molecule has 1 N–H and O–H groups in total. The molecule has 0 radical (unpaired) electrons. The molecule has 0 saturated carbocycles. The van der Waals surface area contributed by atoms with Crippen LogP contribution >= 0.6 is 0 Å². The highest BCUT2D eigenvalue weighted by Crippen LogP contribution is 2.28. The van der Waals surface area contributed by atoms with Gasteiger partial charge in [0.25, 0.3) is 5.91 Å². The van der Waals surface area contributed by atoms with Crippen LogP contribution in [-0.2, 0) is 9.53 Å². The fraction of sp³-hybridized carbons (Fsp3) is 0.438. The molecule has 0 aliphatic carbocycles. The normalized spacial score (nSPS) is 21.2. The van der Waals surface area contributed by atoms with Crippen LogP contribution in [0.1, 0.15) is 42.3 Å². The van der Waals surface area contributed by atoms with Crippen molar-refractivity contribution in [1.29, 1.82) is 0 Å². The first-order valence-electron chi connectivity index (χ1n) is 6.91. The Balaban J connectivity index is 2.57. The summed E-state index contributed by atoms with van der Waals surface area (Å²) in [7, 11) is 1.34. The molecule has 5 heteroatoms. The van der Waals surface area contributed by atoms with Gasteiger partial charge in [-0.15, -0.1) is 0 Å². The van der Waals surface area contributed by atoms with Gasteiger partial charge in [0.15, 0.2) is 0 Å². The van der Waals surface area contributed by atoms with E-state index in [9.17, 15) is 9.59 Å². The maximum absolute atomic E-state index is 12.2. The minimum atomic E-state index is -0.813. The Labute approximate surface area is 124 Å². The third kappa shape index (κ3) is 2.44. The molecule has 2 rings (SSSR count). The number of carbonyl (C=O) groups excluding carboxylic acids is 2. The number of benzene rings is 1. The summed E-state index contributed by atoms with van der Waals surface area (Å²) in [6.45, 7) is 7.52. The zero-order chi connectivity index (χ0) is 15.8. The number of ether oxygens (including phenoxy) is 1. The fourth-order valence-corrected chi connectivity index (χ4v) is 2.30. The number of aryl methyl sites for hydroxylation is 1. The lowest BCUT2D eigenvalue weighted by Crippen LogP contribution is -2.41. The minimum Gasteiger partial charge on any atom is -0.465 e. The van der Waals surface area contributed by atoms with Crippen molar-refractivity contribution in [3.8, 4) is 0 Å². The first kappa shape index (κ1) is 15.2. The van der Waals surface area contributed by atoms with E-state index in [-0.39, 0.29) is 11.8 Å². The van der Waals surface area contributed by atoms with Crippen molar-refractivity contribution in [2.75, 3.05) is 7.11 Å². The van der Waals surface area contributed by atoms with Gasteiger partial charge in [0.1, 0.15) is 11.4 Å². The van der Waals surface area contributed by atoms with Gasteiger partial charge in [-0.2, -0.15) is 0 Å². The molecule has 112 valence electrons. The van der Waals surface area contributed by atoms with E-state index in [4.69, 9.17) is 4.74 Å². The van der Waals surface area contributed by atoms with Crippen LogP contribution in [0.4, 0.5) is 0 Å². The number of amidine groups is 1. The highest BCUT2D eigenvalue weighted by molar-refractivity contribution is 6.18. The Kier molecular flexibility index (Phi) is 3.85. The van der Waals surface area contributed by atoms with Gasteiger partial charge < -0.3 is 10.1 Å². The summed E-state index contributed by atoms with van der Waals surface area (Å²) in [5.41, 5.74) is 1.01. The van der Waals surface area contributed by atoms with E-state index in [1.165, 1.54) is 7.11 Å². The number of aliphatic imine (C=N–C) groups is 1. The van der Waals surface area contributed by atoms with Crippen molar-refractivity contribution < 1.29 is 14.3 Å². The largest absolute Gasteiger partial charge is 0.465 e. The number of amides is 1. The molecule has 0 saturated heterocycles. The fourth-order valence-electron chi connectivity index (χ4n) is 2.30. The van der Waals surface area contributed by atoms with Crippen LogP contribution in [0.2, 0.25) is 0 Å². The summed E-state index contributed by atoms with van der Waals surface area (Å²) >= 11 is 0. The highest BCUT2D eigenvalue weighted by Gasteiger charge is 2.42. The summed E-state index contributed by atoms with van der Waals surface area (Å²) in [4.78, 5) is 28.8. The molecule has 0 aromatic heterocycles. The van der Waals surface area contributed by atoms with Crippen molar-refractivity contribution in [3.63, 3.8) is 0 Å². The van der Waals surface area contributed by atoms with E-state index >= 15 is 0 Å². The van der Waals surface area contributed by atoms with Crippen LogP contribution in [-0.4, -0.2) is 30.4 Å². The van der Waals surface area contributed by atoms with Gasteiger partial charge in [0, 0.05) is 5.56 Å². The number of nitrogens with one attached hydrogen (secondary N) is 1. The second-order valence-corrected chi connectivity index (χ2v) is 5.71. The van der Waals surface area contributed by atoms with Gasteiger partial charge >= 0.3 is 5.97 Å². The lowest BCUT2D eigenvalue weighted by molar-refractivity contribution is -0.124. The first-order valence-corrected chi connectivity index (χ1v) is 6.91. The van der Waals surface area contributed by atoms with Crippen molar-refractivity contribution >= 4 is 17.7 Å². The molecule has 1 aliphatic heterocycles. The van der Waals surface area contributed by atoms with Crippen LogP contribution in [0.15, 0.2) is 23.2 Å². The Morgan fingerprint density at radius 1 is 1.38 bits per heavy atom. The lowest BCUT2D eigenvalue weighted by Gasteiger charge is -2.21. The lowest BCUT2D eigenvalue weighted by atomic mass is 9.89. The molecular weight excluding hydrogens is 268 g/mol. The molecule has 1 atom stereocenters. The van der Waals surface area contributed by atoms with Crippen molar-refractivity contribution in [3.05, 3.63) is 34.9 Å². The summed E-state index contributed by atoms with van der Waals surface area (Å²) in [6, 6.07) is 5.43. The SMILES string of the molecule is COC(=O)c1c(C)cccc1C1=NC(C)(C(C)C)C(=O)N1. The summed E-state index contributed by atoms with van der Waals surface area (Å²) in [5, 5.41) is 2.79. The third-order valence-electron chi connectivity index (χ3n) is 4.08. The molecule has 1 amide bonds. The molecule has 1 aromatic carbocycles. The van der Waals surface area contributed by atoms with Gasteiger partial charge in [-0.1, -0.05) is 32.0 Å². The van der Waals surface area contributed by atoms with E-state index < -0.39 is 11.5 Å². The average Bonchev–Trinajstić information content (AvgIpc) is 2.75.